The molecule has 4 rings (SSSR count). The highest BCUT2D eigenvalue weighted by molar-refractivity contribution is 7.17. The molecule has 0 aliphatic carbocycles. The number of aromatic carboxylic acids is 1. The number of aromatic nitrogens is 4. The molecular weight excluding hydrogens is 380 g/mol. The number of rotatable bonds is 4. The second-order valence-electron chi connectivity index (χ2n) is 6.08. The van der Waals surface area contributed by atoms with Crippen LogP contribution in [0.2, 0.25) is 0 Å². The molecule has 0 fully saturated rings. The van der Waals surface area contributed by atoms with Crippen molar-refractivity contribution in [3.8, 4) is 22.0 Å². The molecule has 1 aromatic carbocycles. The van der Waals surface area contributed by atoms with Crippen LogP contribution in [0.5, 0.6) is 0 Å². The summed E-state index contributed by atoms with van der Waals surface area (Å²) in [5.74, 6) is -1.68. The van der Waals surface area contributed by atoms with Gasteiger partial charge < -0.3 is 16.6 Å². The maximum absolute atomic E-state index is 11.9. The van der Waals surface area contributed by atoms with Crippen LogP contribution < -0.4 is 11.5 Å². The van der Waals surface area contributed by atoms with Crippen LogP contribution in [0.15, 0.2) is 30.5 Å². The van der Waals surface area contributed by atoms with Crippen LogP contribution in [0.4, 0.5) is 5.69 Å². The Morgan fingerprint density at radius 3 is 2.64 bits per heavy atom. The first-order valence-corrected chi connectivity index (χ1v) is 8.92. The Morgan fingerprint density at radius 2 is 1.96 bits per heavy atom. The number of carboxylic acids is 1. The number of fused-ring (bicyclic) bond motifs is 1. The predicted octanol–water partition coefficient (Wildman–Crippen LogP) is 2.44. The van der Waals surface area contributed by atoms with Gasteiger partial charge in [0.05, 0.1) is 28.0 Å². The molecule has 0 aliphatic heterocycles. The summed E-state index contributed by atoms with van der Waals surface area (Å²) in [5.41, 5.74) is 14.3. The number of hydrogen-bond acceptors (Lipinski definition) is 7. The summed E-state index contributed by atoms with van der Waals surface area (Å²) in [4.78, 5) is 32.5. The van der Waals surface area contributed by atoms with E-state index in [0.29, 0.717) is 16.1 Å². The number of amides is 1. The summed E-state index contributed by atoms with van der Waals surface area (Å²) in [6.45, 7) is 1.89. The van der Waals surface area contributed by atoms with Crippen molar-refractivity contribution >= 4 is 39.8 Å². The number of aryl methyl sites for hydroxylation is 1. The van der Waals surface area contributed by atoms with Crippen LogP contribution in [-0.2, 0) is 0 Å². The fourth-order valence-corrected chi connectivity index (χ4v) is 3.75. The minimum atomic E-state index is -1.05. The van der Waals surface area contributed by atoms with Gasteiger partial charge in [-0.1, -0.05) is 6.07 Å². The number of primary amides is 1. The van der Waals surface area contributed by atoms with E-state index in [1.165, 1.54) is 6.07 Å². The molecule has 0 saturated carbocycles. The highest BCUT2D eigenvalue weighted by Gasteiger charge is 2.22. The standard InChI is InChI=1S/C18H14N6O3S/c1-7-2-3-9-8(6-21-24-9)12(7)14-13(19)15(16(20)25)23-17(22-14)10-4-5-11(28-10)18(26)27/h2-6H,19H2,1H3,(H2,20,25)(H,21,24)(H,26,27). The predicted molar refractivity (Wildman–Crippen MR) is 105 cm³/mol. The van der Waals surface area contributed by atoms with Crippen LogP contribution in [0, 0.1) is 6.92 Å². The molecule has 0 radical (unpaired) electrons. The van der Waals surface area contributed by atoms with E-state index < -0.39 is 11.9 Å². The van der Waals surface area contributed by atoms with Crippen molar-refractivity contribution in [2.24, 2.45) is 5.73 Å². The van der Waals surface area contributed by atoms with Gasteiger partial charge in [0.1, 0.15) is 4.88 Å². The first-order valence-electron chi connectivity index (χ1n) is 8.10. The van der Waals surface area contributed by atoms with E-state index >= 15 is 0 Å². The van der Waals surface area contributed by atoms with Crippen LogP contribution in [0.25, 0.3) is 32.9 Å². The van der Waals surface area contributed by atoms with Crippen LogP contribution in [0.3, 0.4) is 0 Å². The maximum Gasteiger partial charge on any atom is 0.345 e. The van der Waals surface area contributed by atoms with Crippen molar-refractivity contribution in [3.63, 3.8) is 0 Å². The first kappa shape index (κ1) is 17.6. The molecule has 3 heterocycles. The third-order valence-corrected chi connectivity index (χ3v) is 5.35. The Balaban J connectivity index is 2.02. The average molecular weight is 394 g/mol. The Bertz CT molecular complexity index is 1260. The van der Waals surface area contributed by atoms with Gasteiger partial charge in [-0.2, -0.15) is 5.10 Å². The number of benzene rings is 1. The highest BCUT2D eigenvalue weighted by atomic mass is 32.1. The third-order valence-electron chi connectivity index (χ3n) is 4.29. The van der Waals surface area contributed by atoms with Crippen molar-refractivity contribution in [2.75, 3.05) is 5.73 Å². The summed E-state index contributed by atoms with van der Waals surface area (Å²) in [6, 6.07) is 6.80. The average Bonchev–Trinajstić information content (AvgIpc) is 3.31. The van der Waals surface area contributed by atoms with E-state index in [0.717, 1.165) is 27.8 Å². The van der Waals surface area contributed by atoms with Crippen molar-refractivity contribution in [2.45, 2.75) is 6.92 Å². The molecule has 28 heavy (non-hydrogen) atoms. The lowest BCUT2D eigenvalue weighted by molar-refractivity contribution is 0.0702. The van der Waals surface area contributed by atoms with E-state index in [-0.39, 0.29) is 22.1 Å². The fraction of sp³-hybridized carbons (Fsp3) is 0.0556. The lowest BCUT2D eigenvalue weighted by Crippen LogP contribution is -2.17. The lowest BCUT2D eigenvalue weighted by Gasteiger charge is -2.13. The van der Waals surface area contributed by atoms with Crippen molar-refractivity contribution < 1.29 is 14.7 Å². The number of carbonyl (C=O) groups is 2. The molecule has 6 N–H and O–H groups in total. The second-order valence-corrected chi connectivity index (χ2v) is 7.16. The molecule has 0 spiro atoms. The number of nitrogen functional groups attached to an aromatic ring is 1. The number of anilines is 1. The Labute approximate surface area is 162 Å². The molecule has 1 amide bonds. The molecule has 4 aromatic rings. The molecule has 0 bridgehead atoms. The number of carbonyl (C=O) groups excluding carboxylic acids is 1. The minimum Gasteiger partial charge on any atom is -0.477 e. The third kappa shape index (κ3) is 2.76. The van der Waals surface area contributed by atoms with E-state index in [1.807, 2.05) is 19.1 Å². The number of carboxylic acid groups (broad SMARTS) is 1. The Morgan fingerprint density at radius 1 is 1.18 bits per heavy atom. The topological polar surface area (TPSA) is 161 Å². The molecule has 0 saturated heterocycles. The zero-order valence-electron chi connectivity index (χ0n) is 14.6. The number of nitrogens with two attached hydrogens (primary N) is 2. The number of nitrogens with one attached hydrogen (secondary N) is 1. The van der Waals surface area contributed by atoms with E-state index in [1.54, 1.807) is 12.3 Å². The van der Waals surface area contributed by atoms with Gasteiger partial charge >= 0.3 is 5.97 Å². The fourth-order valence-electron chi connectivity index (χ4n) is 2.97. The summed E-state index contributed by atoms with van der Waals surface area (Å²) in [7, 11) is 0. The van der Waals surface area contributed by atoms with Crippen molar-refractivity contribution in [1.29, 1.82) is 0 Å². The SMILES string of the molecule is Cc1ccc2[nH]ncc2c1-c1nc(-c2ccc(C(=O)O)s2)nc(C(N)=O)c1N. The van der Waals surface area contributed by atoms with Gasteiger partial charge in [0, 0.05) is 10.9 Å². The number of hydrogen-bond donors (Lipinski definition) is 4. The van der Waals surface area contributed by atoms with Crippen LogP contribution in [-0.4, -0.2) is 37.1 Å². The van der Waals surface area contributed by atoms with E-state index in [9.17, 15) is 9.59 Å². The number of nitrogens with zero attached hydrogens (tertiary/aromatic N) is 3. The van der Waals surface area contributed by atoms with Gasteiger partial charge in [-0.05, 0) is 30.7 Å². The summed E-state index contributed by atoms with van der Waals surface area (Å²) >= 11 is 0.998. The number of aromatic amines is 1. The van der Waals surface area contributed by atoms with Gasteiger partial charge in [0.2, 0.25) is 0 Å². The molecule has 0 unspecified atom stereocenters. The van der Waals surface area contributed by atoms with Gasteiger partial charge in [0.15, 0.2) is 11.5 Å². The first-order chi connectivity index (χ1) is 13.4. The molecule has 0 aliphatic rings. The van der Waals surface area contributed by atoms with E-state index in [2.05, 4.69) is 20.2 Å². The quantitative estimate of drug-likeness (QED) is 0.413. The maximum atomic E-state index is 11.9. The summed E-state index contributed by atoms with van der Waals surface area (Å²) in [6.07, 6.45) is 1.65. The monoisotopic (exact) mass is 394 g/mol. The van der Waals surface area contributed by atoms with E-state index in [4.69, 9.17) is 16.6 Å². The summed E-state index contributed by atoms with van der Waals surface area (Å²) < 4.78 is 0. The normalized spacial score (nSPS) is 11.0. The van der Waals surface area contributed by atoms with Crippen molar-refractivity contribution in [1.82, 2.24) is 20.2 Å². The largest absolute Gasteiger partial charge is 0.477 e. The zero-order chi connectivity index (χ0) is 20.0. The Kier molecular flexibility index (Phi) is 4.04. The molecule has 9 nitrogen and oxygen atoms in total. The van der Waals surface area contributed by atoms with Gasteiger partial charge in [0.25, 0.3) is 5.91 Å². The van der Waals surface area contributed by atoms with Crippen LogP contribution in [0.1, 0.15) is 25.7 Å². The molecule has 3 aromatic heterocycles. The zero-order valence-corrected chi connectivity index (χ0v) is 15.4. The lowest BCUT2D eigenvalue weighted by atomic mass is 9.99. The highest BCUT2D eigenvalue weighted by Crippen LogP contribution is 2.36. The van der Waals surface area contributed by atoms with Crippen molar-refractivity contribution in [3.05, 3.63) is 46.6 Å². The second kappa shape index (κ2) is 6.43. The number of H-pyrrole nitrogens is 1. The van der Waals surface area contributed by atoms with Gasteiger partial charge in [-0.15, -0.1) is 11.3 Å². The smallest absolute Gasteiger partial charge is 0.345 e. The summed E-state index contributed by atoms with van der Waals surface area (Å²) in [5, 5.41) is 16.9. The van der Waals surface area contributed by atoms with Gasteiger partial charge in [-0.3, -0.25) is 9.89 Å². The molecule has 0 atom stereocenters. The van der Waals surface area contributed by atoms with Gasteiger partial charge in [-0.25, -0.2) is 14.8 Å². The minimum absolute atomic E-state index is 0.0584. The molecule has 10 heteroatoms. The Hall–Kier alpha value is -3.79. The number of thiophene rings is 1. The molecular formula is C18H14N6O3S. The van der Waals surface area contributed by atoms with Crippen LogP contribution >= 0.6 is 11.3 Å². The molecule has 140 valence electrons.